The van der Waals surface area contributed by atoms with Gasteiger partial charge in [0.25, 0.3) is 0 Å². The van der Waals surface area contributed by atoms with Crippen LogP contribution in [0.25, 0.3) is 0 Å². The highest BCUT2D eigenvalue weighted by atomic mass is 35.5. The van der Waals surface area contributed by atoms with Crippen LogP contribution in [0.5, 0.6) is 0 Å². The average Bonchev–Trinajstić information content (AvgIpc) is 2.78. The molecule has 0 saturated carbocycles. The second-order valence-corrected chi connectivity index (χ2v) is 6.47. The second kappa shape index (κ2) is 6.03. The summed E-state index contributed by atoms with van der Waals surface area (Å²) in [6.45, 7) is 4.40. The van der Waals surface area contributed by atoms with Gasteiger partial charge in [0, 0.05) is 25.0 Å². The van der Waals surface area contributed by atoms with E-state index in [-0.39, 0.29) is 24.2 Å². The number of rotatable bonds is 4. The maximum Gasteiger partial charge on any atom is 0.227 e. The lowest BCUT2D eigenvalue weighted by Gasteiger charge is -2.21. The van der Waals surface area contributed by atoms with E-state index in [9.17, 15) is 9.59 Å². The third-order valence-electron chi connectivity index (χ3n) is 3.36. The summed E-state index contributed by atoms with van der Waals surface area (Å²) >= 11 is 6.11. The van der Waals surface area contributed by atoms with Crippen LogP contribution in [0, 0.1) is 5.92 Å². The van der Waals surface area contributed by atoms with Crippen LogP contribution in [0.15, 0.2) is 24.3 Å². The average molecular weight is 310 g/mol. The molecule has 1 aliphatic heterocycles. The summed E-state index contributed by atoms with van der Waals surface area (Å²) in [6.07, 6.45) is 0.196. The molecular formula is C15H20ClN3O2. The molecule has 0 bridgehead atoms. The topological polar surface area (TPSA) is 75.4 Å². The fourth-order valence-electron chi connectivity index (χ4n) is 2.25. The Morgan fingerprint density at radius 2 is 2.14 bits per heavy atom. The Labute approximate surface area is 129 Å². The molecule has 3 N–H and O–H groups in total. The van der Waals surface area contributed by atoms with E-state index in [2.05, 4.69) is 5.32 Å². The fraction of sp³-hybridized carbons (Fsp3) is 0.467. The molecule has 1 heterocycles. The molecule has 2 rings (SSSR count). The van der Waals surface area contributed by atoms with E-state index >= 15 is 0 Å². The van der Waals surface area contributed by atoms with E-state index in [1.165, 1.54) is 0 Å². The van der Waals surface area contributed by atoms with Crippen molar-refractivity contribution >= 4 is 29.1 Å². The standard InChI is InChI=1S/C15H20ClN3O2/c1-15(2,17)9-18-14(21)10-7-13(20)19(8-10)12-6-4-3-5-11(12)16/h3-6,10H,7-9,17H2,1-2H3,(H,18,21). The predicted molar refractivity (Wildman–Crippen MR) is 83.2 cm³/mol. The number of anilines is 1. The first-order valence-corrected chi connectivity index (χ1v) is 7.27. The van der Waals surface area contributed by atoms with Gasteiger partial charge in [-0.2, -0.15) is 0 Å². The molecule has 0 aliphatic carbocycles. The number of carbonyl (C=O) groups excluding carboxylic acids is 2. The van der Waals surface area contributed by atoms with Gasteiger partial charge >= 0.3 is 0 Å². The second-order valence-electron chi connectivity index (χ2n) is 6.06. The van der Waals surface area contributed by atoms with Crippen LogP contribution in [-0.4, -0.2) is 30.4 Å². The summed E-state index contributed by atoms with van der Waals surface area (Å²) in [5.74, 6) is -0.595. The number of amides is 2. The molecule has 1 aromatic carbocycles. The highest BCUT2D eigenvalue weighted by molar-refractivity contribution is 6.33. The number of benzene rings is 1. The minimum Gasteiger partial charge on any atom is -0.354 e. The minimum atomic E-state index is -0.472. The largest absolute Gasteiger partial charge is 0.354 e. The fourth-order valence-corrected chi connectivity index (χ4v) is 2.48. The monoisotopic (exact) mass is 309 g/mol. The van der Waals surface area contributed by atoms with Gasteiger partial charge in [0.1, 0.15) is 0 Å². The number of hydrogen-bond acceptors (Lipinski definition) is 3. The Hall–Kier alpha value is -1.59. The Kier molecular flexibility index (Phi) is 4.54. The number of hydrogen-bond donors (Lipinski definition) is 2. The van der Waals surface area contributed by atoms with Crippen molar-refractivity contribution < 1.29 is 9.59 Å². The van der Waals surface area contributed by atoms with Gasteiger partial charge in [0.2, 0.25) is 11.8 Å². The lowest BCUT2D eigenvalue weighted by atomic mass is 10.1. The van der Waals surface area contributed by atoms with Crippen LogP contribution < -0.4 is 16.0 Å². The summed E-state index contributed by atoms with van der Waals surface area (Å²) in [6, 6.07) is 7.14. The molecule has 0 spiro atoms. The third kappa shape index (κ3) is 3.95. The van der Waals surface area contributed by atoms with Crippen molar-refractivity contribution in [3.05, 3.63) is 29.3 Å². The number of carbonyl (C=O) groups is 2. The predicted octanol–water partition coefficient (Wildman–Crippen LogP) is 1.55. The third-order valence-corrected chi connectivity index (χ3v) is 3.68. The van der Waals surface area contributed by atoms with Crippen molar-refractivity contribution in [3.8, 4) is 0 Å². The molecule has 21 heavy (non-hydrogen) atoms. The zero-order valence-corrected chi connectivity index (χ0v) is 13.0. The van der Waals surface area contributed by atoms with Gasteiger partial charge in [0.05, 0.1) is 16.6 Å². The number of halogens is 1. The molecule has 1 fully saturated rings. The summed E-state index contributed by atoms with van der Waals surface area (Å²) in [5.41, 5.74) is 6.02. The van der Waals surface area contributed by atoms with Crippen LogP contribution in [0.1, 0.15) is 20.3 Å². The molecule has 1 aliphatic rings. The van der Waals surface area contributed by atoms with Gasteiger partial charge in [-0.25, -0.2) is 0 Å². The van der Waals surface area contributed by atoms with Crippen LogP contribution in [0.4, 0.5) is 5.69 Å². The van der Waals surface area contributed by atoms with E-state index in [1.807, 2.05) is 19.9 Å². The highest BCUT2D eigenvalue weighted by Crippen LogP contribution is 2.30. The van der Waals surface area contributed by atoms with Crippen LogP contribution in [0.3, 0.4) is 0 Å². The van der Waals surface area contributed by atoms with Crippen molar-refractivity contribution in [1.29, 1.82) is 0 Å². The first-order chi connectivity index (χ1) is 9.78. The molecule has 6 heteroatoms. The van der Waals surface area contributed by atoms with E-state index in [1.54, 1.807) is 23.1 Å². The van der Waals surface area contributed by atoms with Gasteiger partial charge in [-0.05, 0) is 26.0 Å². The van der Waals surface area contributed by atoms with Crippen LogP contribution in [-0.2, 0) is 9.59 Å². The lowest BCUT2D eigenvalue weighted by molar-refractivity contribution is -0.126. The van der Waals surface area contributed by atoms with Crippen molar-refractivity contribution in [3.63, 3.8) is 0 Å². The summed E-state index contributed by atoms with van der Waals surface area (Å²) in [4.78, 5) is 25.8. The van der Waals surface area contributed by atoms with Gasteiger partial charge in [-0.15, -0.1) is 0 Å². The lowest BCUT2D eigenvalue weighted by Crippen LogP contribution is -2.46. The molecule has 2 amide bonds. The van der Waals surface area contributed by atoms with E-state index in [4.69, 9.17) is 17.3 Å². The summed E-state index contributed by atoms with van der Waals surface area (Å²) < 4.78 is 0. The molecule has 1 saturated heterocycles. The smallest absolute Gasteiger partial charge is 0.227 e. The minimum absolute atomic E-state index is 0.0877. The highest BCUT2D eigenvalue weighted by Gasteiger charge is 2.36. The maximum atomic E-state index is 12.1. The summed E-state index contributed by atoms with van der Waals surface area (Å²) in [7, 11) is 0. The maximum absolute atomic E-state index is 12.1. The molecule has 0 radical (unpaired) electrons. The normalized spacial score (nSPS) is 19.0. The number of para-hydroxylation sites is 1. The van der Waals surface area contributed by atoms with Gasteiger partial charge in [0.15, 0.2) is 0 Å². The summed E-state index contributed by atoms with van der Waals surface area (Å²) in [5, 5.41) is 3.31. The molecule has 0 aromatic heterocycles. The number of nitrogens with zero attached hydrogens (tertiary/aromatic N) is 1. The molecule has 1 atom stereocenters. The number of nitrogens with one attached hydrogen (secondary N) is 1. The molecule has 114 valence electrons. The Morgan fingerprint density at radius 3 is 2.76 bits per heavy atom. The Balaban J connectivity index is 2.03. The van der Waals surface area contributed by atoms with Gasteiger partial charge < -0.3 is 16.0 Å². The Bertz CT molecular complexity index is 554. The molecular weight excluding hydrogens is 290 g/mol. The first-order valence-electron chi connectivity index (χ1n) is 6.89. The Morgan fingerprint density at radius 1 is 1.48 bits per heavy atom. The van der Waals surface area contributed by atoms with Crippen molar-refractivity contribution in [1.82, 2.24) is 5.32 Å². The van der Waals surface area contributed by atoms with Crippen molar-refractivity contribution in [2.75, 3.05) is 18.0 Å². The van der Waals surface area contributed by atoms with Gasteiger partial charge in [-0.1, -0.05) is 23.7 Å². The van der Waals surface area contributed by atoms with Crippen LogP contribution in [0.2, 0.25) is 5.02 Å². The van der Waals surface area contributed by atoms with E-state index in [0.29, 0.717) is 23.8 Å². The first kappa shape index (κ1) is 15.8. The van der Waals surface area contributed by atoms with E-state index < -0.39 is 5.54 Å². The zero-order chi connectivity index (χ0) is 15.6. The zero-order valence-electron chi connectivity index (χ0n) is 12.2. The number of nitrogens with two attached hydrogens (primary N) is 1. The van der Waals surface area contributed by atoms with E-state index in [0.717, 1.165) is 0 Å². The van der Waals surface area contributed by atoms with Crippen molar-refractivity contribution in [2.24, 2.45) is 11.7 Å². The SMILES string of the molecule is CC(C)(N)CNC(=O)C1CC(=O)N(c2ccccc2Cl)C1. The van der Waals surface area contributed by atoms with Crippen LogP contribution >= 0.6 is 11.6 Å². The van der Waals surface area contributed by atoms with Gasteiger partial charge in [-0.3, -0.25) is 9.59 Å². The molecule has 5 nitrogen and oxygen atoms in total. The molecule has 1 aromatic rings. The van der Waals surface area contributed by atoms with Crippen molar-refractivity contribution in [2.45, 2.75) is 25.8 Å². The molecule has 1 unspecified atom stereocenters. The quantitative estimate of drug-likeness (QED) is 0.886.